The fourth-order valence-corrected chi connectivity index (χ4v) is 1.70. The van der Waals surface area contributed by atoms with Gasteiger partial charge < -0.3 is 10.1 Å². The lowest BCUT2D eigenvalue weighted by atomic mass is 10.2. The first kappa shape index (κ1) is 12.9. The minimum Gasteiger partial charge on any atom is -0.496 e. The molecule has 0 saturated heterocycles. The average Bonchev–Trinajstić information content (AvgIpc) is 2.81. The van der Waals surface area contributed by atoms with Crippen LogP contribution < -0.4 is 10.1 Å². The zero-order chi connectivity index (χ0) is 13.8. The molecule has 0 aliphatic carbocycles. The van der Waals surface area contributed by atoms with Crippen LogP contribution in [0.15, 0.2) is 30.5 Å². The van der Waals surface area contributed by atoms with Crippen LogP contribution in [0.1, 0.15) is 5.69 Å². The molecule has 7 heteroatoms. The van der Waals surface area contributed by atoms with Crippen LogP contribution in [0, 0.1) is 10.1 Å². The quantitative estimate of drug-likeness (QED) is 0.657. The molecule has 7 nitrogen and oxygen atoms in total. The molecule has 0 saturated carbocycles. The molecule has 0 fully saturated rings. The van der Waals surface area contributed by atoms with Crippen LogP contribution >= 0.6 is 0 Å². The van der Waals surface area contributed by atoms with Crippen molar-refractivity contribution < 1.29 is 9.66 Å². The van der Waals surface area contributed by atoms with Gasteiger partial charge in [0.2, 0.25) is 0 Å². The summed E-state index contributed by atoms with van der Waals surface area (Å²) in [5, 5.41) is 18.1. The predicted molar refractivity (Wildman–Crippen MR) is 70.2 cm³/mol. The highest BCUT2D eigenvalue weighted by Gasteiger charge is 2.15. The number of hydrogen-bond donors (Lipinski definition) is 1. The van der Waals surface area contributed by atoms with Crippen molar-refractivity contribution in [3.05, 3.63) is 46.3 Å². The maximum atomic E-state index is 11.0. The fourth-order valence-electron chi connectivity index (χ4n) is 1.70. The summed E-state index contributed by atoms with van der Waals surface area (Å²) in [6.45, 7) is 0.462. The van der Waals surface area contributed by atoms with E-state index < -0.39 is 4.92 Å². The van der Waals surface area contributed by atoms with Crippen molar-refractivity contribution in [1.29, 1.82) is 0 Å². The Morgan fingerprint density at radius 2 is 2.26 bits per heavy atom. The van der Waals surface area contributed by atoms with Crippen LogP contribution in [0.5, 0.6) is 5.75 Å². The van der Waals surface area contributed by atoms with E-state index in [1.54, 1.807) is 23.0 Å². The van der Waals surface area contributed by atoms with Crippen molar-refractivity contribution in [2.24, 2.45) is 7.05 Å². The molecule has 0 unspecified atom stereocenters. The van der Waals surface area contributed by atoms with Crippen LogP contribution in [-0.4, -0.2) is 21.8 Å². The molecular formula is C12H14N4O3. The van der Waals surface area contributed by atoms with Gasteiger partial charge in [-0.15, -0.1) is 0 Å². The lowest BCUT2D eigenvalue weighted by Crippen LogP contribution is -2.07. The van der Waals surface area contributed by atoms with Crippen molar-refractivity contribution in [3.63, 3.8) is 0 Å². The standard InChI is InChI=1S/C12H14N4O3/c1-15-9(5-6-14-15)8-13-11-4-3-10(19-2)7-12(11)16(17)18/h3-7,13H,8H2,1-2H3. The van der Waals surface area contributed by atoms with E-state index in [2.05, 4.69) is 10.4 Å². The minimum atomic E-state index is -0.436. The number of ether oxygens (including phenoxy) is 1. The number of nitro groups is 1. The van der Waals surface area contributed by atoms with Gasteiger partial charge in [-0.1, -0.05) is 0 Å². The number of rotatable bonds is 5. The largest absolute Gasteiger partial charge is 0.496 e. The summed E-state index contributed by atoms with van der Waals surface area (Å²) >= 11 is 0. The Hall–Kier alpha value is -2.57. The first-order valence-electron chi connectivity index (χ1n) is 5.65. The van der Waals surface area contributed by atoms with E-state index in [1.165, 1.54) is 13.2 Å². The lowest BCUT2D eigenvalue weighted by molar-refractivity contribution is -0.384. The van der Waals surface area contributed by atoms with Crippen molar-refractivity contribution in [3.8, 4) is 5.75 Å². The van der Waals surface area contributed by atoms with E-state index in [9.17, 15) is 10.1 Å². The van der Waals surface area contributed by atoms with Crippen molar-refractivity contribution in [1.82, 2.24) is 9.78 Å². The lowest BCUT2D eigenvalue weighted by Gasteiger charge is -2.08. The summed E-state index contributed by atoms with van der Waals surface area (Å²) < 4.78 is 6.69. The Morgan fingerprint density at radius 1 is 1.47 bits per heavy atom. The molecule has 0 radical (unpaired) electrons. The Labute approximate surface area is 110 Å². The summed E-state index contributed by atoms with van der Waals surface area (Å²) in [5.74, 6) is 0.456. The van der Waals surface area contributed by atoms with Crippen LogP contribution in [0.2, 0.25) is 0 Å². The number of nitrogens with zero attached hydrogens (tertiary/aromatic N) is 3. The van der Waals surface area contributed by atoms with Gasteiger partial charge in [-0.3, -0.25) is 14.8 Å². The van der Waals surface area contributed by atoms with Gasteiger partial charge in [0.05, 0.1) is 30.3 Å². The number of nitrogens with one attached hydrogen (secondary N) is 1. The fraction of sp³-hybridized carbons (Fsp3) is 0.250. The van der Waals surface area contributed by atoms with Gasteiger partial charge in [0.15, 0.2) is 0 Å². The second-order valence-electron chi connectivity index (χ2n) is 3.94. The molecule has 0 aliphatic heterocycles. The second-order valence-corrected chi connectivity index (χ2v) is 3.94. The topological polar surface area (TPSA) is 82.2 Å². The van der Waals surface area contributed by atoms with Gasteiger partial charge in [-0.2, -0.15) is 5.10 Å². The predicted octanol–water partition coefficient (Wildman–Crippen LogP) is 1.95. The summed E-state index contributed by atoms with van der Waals surface area (Å²) in [4.78, 5) is 10.6. The molecule has 100 valence electrons. The summed E-state index contributed by atoms with van der Waals surface area (Å²) in [5.41, 5.74) is 1.37. The van der Waals surface area contributed by atoms with Crippen molar-refractivity contribution in [2.45, 2.75) is 6.54 Å². The SMILES string of the molecule is COc1ccc(NCc2ccnn2C)c([N+](=O)[O-])c1. The zero-order valence-corrected chi connectivity index (χ0v) is 10.7. The number of hydrogen-bond acceptors (Lipinski definition) is 5. The number of methoxy groups -OCH3 is 1. The Morgan fingerprint density at radius 3 is 2.84 bits per heavy atom. The van der Waals surface area contributed by atoms with Gasteiger partial charge in [-0.25, -0.2) is 0 Å². The van der Waals surface area contributed by atoms with Crippen molar-refractivity contribution in [2.75, 3.05) is 12.4 Å². The third-order valence-corrected chi connectivity index (χ3v) is 2.78. The molecule has 1 aromatic carbocycles. The maximum absolute atomic E-state index is 11.0. The Bertz CT molecular complexity index is 594. The second kappa shape index (κ2) is 5.38. The molecule has 0 aliphatic rings. The molecule has 0 bridgehead atoms. The molecule has 0 amide bonds. The highest BCUT2D eigenvalue weighted by molar-refractivity contribution is 5.63. The van der Waals surface area contributed by atoms with Crippen LogP contribution in [0.4, 0.5) is 11.4 Å². The maximum Gasteiger partial charge on any atom is 0.296 e. The molecule has 2 aromatic rings. The normalized spacial score (nSPS) is 10.2. The molecular weight excluding hydrogens is 248 g/mol. The number of anilines is 1. The van der Waals surface area contributed by atoms with E-state index >= 15 is 0 Å². The molecule has 2 rings (SSSR count). The molecule has 19 heavy (non-hydrogen) atoms. The third-order valence-electron chi connectivity index (χ3n) is 2.78. The monoisotopic (exact) mass is 262 g/mol. The summed E-state index contributed by atoms with van der Waals surface area (Å²) in [7, 11) is 3.29. The number of aryl methyl sites for hydroxylation is 1. The highest BCUT2D eigenvalue weighted by atomic mass is 16.6. The molecule has 1 aromatic heterocycles. The van der Waals surface area contributed by atoms with Gasteiger partial charge in [-0.05, 0) is 18.2 Å². The van der Waals surface area contributed by atoms with Gasteiger partial charge in [0.1, 0.15) is 11.4 Å². The average molecular weight is 262 g/mol. The number of nitro benzene ring substituents is 1. The van der Waals surface area contributed by atoms with E-state index in [0.717, 1.165) is 5.69 Å². The Balaban J connectivity index is 2.20. The van der Waals surface area contributed by atoms with E-state index in [4.69, 9.17) is 4.74 Å². The molecule has 1 heterocycles. The summed E-state index contributed by atoms with van der Waals surface area (Å²) in [6.07, 6.45) is 1.68. The first-order valence-corrected chi connectivity index (χ1v) is 5.65. The van der Waals surface area contributed by atoms with Crippen LogP contribution in [-0.2, 0) is 13.6 Å². The van der Waals surface area contributed by atoms with E-state index in [-0.39, 0.29) is 5.69 Å². The smallest absolute Gasteiger partial charge is 0.296 e. The first-order chi connectivity index (χ1) is 9.11. The van der Waals surface area contributed by atoms with Crippen molar-refractivity contribution >= 4 is 11.4 Å². The number of benzene rings is 1. The van der Waals surface area contributed by atoms with Gasteiger partial charge >= 0.3 is 0 Å². The van der Waals surface area contributed by atoms with Crippen LogP contribution in [0.3, 0.4) is 0 Å². The molecule has 0 spiro atoms. The Kier molecular flexibility index (Phi) is 3.65. The third kappa shape index (κ3) is 2.82. The zero-order valence-electron chi connectivity index (χ0n) is 10.7. The van der Waals surface area contributed by atoms with Gasteiger partial charge in [0, 0.05) is 13.2 Å². The molecule has 0 atom stereocenters. The number of aromatic nitrogens is 2. The van der Waals surface area contributed by atoms with Gasteiger partial charge in [0.25, 0.3) is 5.69 Å². The minimum absolute atomic E-state index is 0.0125. The van der Waals surface area contributed by atoms with E-state index in [0.29, 0.717) is 18.0 Å². The molecule has 1 N–H and O–H groups in total. The van der Waals surface area contributed by atoms with E-state index in [1.807, 2.05) is 13.1 Å². The summed E-state index contributed by atoms with van der Waals surface area (Å²) in [6, 6.07) is 6.56. The highest BCUT2D eigenvalue weighted by Crippen LogP contribution is 2.29. The van der Waals surface area contributed by atoms with Crippen LogP contribution in [0.25, 0.3) is 0 Å².